The van der Waals surface area contributed by atoms with Crippen molar-refractivity contribution in [1.82, 2.24) is 4.90 Å². The summed E-state index contributed by atoms with van der Waals surface area (Å²) in [6, 6.07) is 0. The van der Waals surface area contributed by atoms with Crippen molar-refractivity contribution in [2.75, 3.05) is 26.0 Å². The molecule has 0 aromatic rings. The maximum absolute atomic E-state index is 11.8. The predicted octanol–water partition coefficient (Wildman–Crippen LogP) is 2.59. The van der Waals surface area contributed by atoms with Crippen molar-refractivity contribution in [3.8, 4) is 0 Å². The molecule has 0 bridgehead atoms. The minimum atomic E-state index is -2.22. The third-order valence-corrected chi connectivity index (χ3v) is 1.89. The largest absolute Gasteiger partial charge is 0.301 e. The number of hydrogen-bond acceptors (Lipinski definition) is 1. The van der Waals surface area contributed by atoms with Gasteiger partial charge in [0.15, 0.2) is 0 Å². The Balaban J connectivity index is 3.14. The molecule has 0 rings (SSSR count). The minimum Gasteiger partial charge on any atom is -0.301 e. The molecule has 0 N–H and O–H groups in total. The van der Waals surface area contributed by atoms with Crippen LogP contribution in [0.5, 0.6) is 0 Å². The van der Waals surface area contributed by atoms with E-state index in [0.29, 0.717) is 5.88 Å². The molecule has 0 radical (unpaired) electrons. The summed E-state index contributed by atoms with van der Waals surface area (Å²) in [5.74, 6) is 0.665. The van der Waals surface area contributed by atoms with Crippen LogP contribution in [-0.4, -0.2) is 37.3 Å². The van der Waals surface area contributed by atoms with Crippen molar-refractivity contribution in [3.05, 3.63) is 0 Å². The van der Waals surface area contributed by atoms with E-state index in [0.717, 1.165) is 25.8 Å². The third-order valence-electron chi connectivity index (χ3n) is 1.62. The van der Waals surface area contributed by atoms with E-state index in [4.69, 9.17) is 11.6 Å². The van der Waals surface area contributed by atoms with Gasteiger partial charge in [-0.3, -0.25) is 0 Å². The van der Waals surface area contributed by atoms with Crippen LogP contribution in [0, 0.1) is 0 Å². The quantitative estimate of drug-likeness (QED) is 0.450. The van der Waals surface area contributed by atoms with Crippen molar-refractivity contribution in [2.24, 2.45) is 0 Å². The van der Waals surface area contributed by atoms with Crippen LogP contribution in [0.15, 0.2) is 0 Å². The highest BCUT2D eigenvalue weighted by atomic mass is 35.5. The number of nitrogens with zero attached hydrogens (tertiary/aromatic N) is 1. The molecule has 0 aromatic carbocycles. The van der Waals surface area contributed by atoms with E-state index in [-0.39, 0.29) is 6.54 Å². The standard InChI is InChI=1S/C8H16ClF2N/c1-12(7-8(10)11)6-4-2-3-5-9/h8H,2-7H2,1H3. The van der Waals surface area contributed by atoms with Gasteiger partial charge in [0, 0.05) is 5.88 Å². The van der Waals surface area contributed by atoms with E-state index in [1.165, 1.54) is 0 Å². The smallest absolute Gasteiger partial charge is 0.251 e. The molecule has 0 aliphatic carbocycles. The van der Waals surface area contributed by atoms with E-state index < -0.39 is 6.43 Å². The Morgan fingerprint density at radius 3 is 2.42 bits per heavy atom. The summed E-state index contributed by atoms with van der Waals surface area (Å²) in [5.41, 5.74) is 0. The molecule has 4 heteroatoms. The van der Waals surface area contributed by atoms with Gasteiger partial charge in [0.25, 0.3) is 6.43 Å². The fraction of sp³-hybridized carbons (Fsp3) is 1.00. The first-order valence-electron chi connectivity index (χ1n) is 4.19. The molecule has 0 aromatic heterocycles. The monoisotopic (exact) mass is 199 g/mol. The van der Waals surface area contributed by atoms with Crippen LogP contribution in [0.3, 0.4) is 0 Å². The lowest BCUT2D eigenvalue weighted by atomic mass is 10.2. The highest BCUT2D eigenvalue weighted by Crippen LogP contribution is 2.01. The highest BCUT2D eigenvalue weighted by Gasteiger charge is 2.06. The van der Waals surface area contributed by atoms with Crippen LogP contribution in [0.25, 0.3) is 0 Å². The third kappa shape index (κ3) is 8.21. The van der Waals surface area contributed by atoms with Crippen molar-refractivity contribution in [3.63, 3.8) is 0 Å². The highest BCUT2D eigenvalue weighted by molar-refractivity contribution is 6.17. The molecule has 0 aliphatic rings. The minimum absolute atomic E-state index is 0.124. The second-order valence-corrected chi connectivity index (χ2v) is 3.28. The number of hydrogen-bond donors (Lipinski definition) is 0. The van der Waals surface area contributed by atoms with Gasteiger partial charge >= 0.3 is 0 Å². The van der Waals surface area contributed by atoms with E-state index in [9.17, 15) is 8.78 Å². The summed E-state index contributed by atoms with van der Waals surface area (Å²) in [6.45, 7) is 0.613. The van der Waals surface area contributed by atoms with E-state index >= 15 is 0 Å². The lowest BCUT2D eigenvalue weighted by Gasteiger charge is -2.15. The second kappa shape index (κ2) is 7.74. The maximum Gasteiger partial charge on any atom is 0.251 e. The molecule has 74 valence electrons. The molecule has 0 amide bonds. The zero-order valence-electron chi connectivity index (χ0n) is 7.40. The van der Waals surface area contributed by atoms with Gasteiger partial charge in [0.1, 0.15) is 0 Å². The average molecular weight is 200 g/mol. The molecule has 0 saturated heterocycles. The van der Waals surface area contributed by atoms with Gasteiger partial charge < -0.3 is 4.90 Å². The van der Waals surface area contributed by atoms with Crippen LogP contribution < -0.4 is 0 Å². The molecule has 0 fully saturated rings. The molecule has 0 unspecified atom stereocenters. The van der Waals surface area contributed by atoms with Crippen LogP contribution >= 0.6 is 11.6 Å². The Hall–Kier alpha value is 0.110. The molecule has 12 heavy (non-hydrogen) atoms. The zero-order chi connectivity index (χ0) is 9.40. The van der Waals surface area contributed by atoms with Crippen LogP contribution in [0.4, 0.5) is 8.78 Å². The van der Waals surface area contributed by atoms with Gasteiger partial charge in [-0.05, 0) is 26.4 Å². The molecular weight excluding hydrogens is 184 g/mol. The van der Waals surface area contributed by atoms with Crippen molar-refractivity contribution in [1.29, 1.82) is 0 Å². The zero-order valence-corrected chi connectivity index (χ0v) is 8.16. The fourth-order valence-electron chi connectivity index (χ4n) is 0.980. The first-order chi connectivity index (χ1) is 5.66. The summed E-state index contributed by atoms with van der Waals surface area (Å²) in [5, 5.41) is 0. The van der Waals surface area contributed by atoms with Gasteiger partial charge in [0.05, 0.1) is 6.54 Å². The Kier molecular flexibility index (Phi) is 7.81. The van der Waals surface area contributed by atoms with Crippen LogP contribution in [-0.2, 0) is 0 Å². The molecule has 0 heterocycles. The molecule has 0 atom stereocenters. The van der Waals surface area contributed by atoms with Crippen molar-refractivity contribution < 1.29 is 8.78 Å². The average Bonchev–Trinajstić information content (AvgIpc) is 1.97. The Morgan fingerprint density at radius 2 is 1.92 bits per heavy atom. The van der Waals surface area contributed by atoms with E-state index in [1.54, 1.807) is 11.9 Å². The summed E-state index contributed by atoms with van der Waals surface area (Å²) in [6.07, 6.45) is 0.736. The number of rotatable bonds is 7. The second-order valence-electron chi connectivity index (χ2n) is 2.90. The van der Waals surface area contributed by atoms with Gasteiger partial charge in [-0.15, -0.1) is 11.6 Å². The van der Waals surface area contributed by atoms with Gasteiger partial charge in [-0.2, -0.15) is 0 Å². The fourth-order valence-corrected chi connectivity index (χ4v) is 1.17. The number of halogens is 3. The van der Waals surface area contributed by atoms with E-state index in [1.807, 2.05) is 0 Å². The normalized spacial score (nSPS) is 11.5. The molecule has 1 nitrogen and oxygen atoms in total. The lowest BCUT2D eigenvalue weighted by molar-refractivity contribution is 0.0996. The predicted molar refractivity (Wildman–Crippen MR) is 48.1 cm³/mol. The number of unbranched alkanes of at least 4 members (excludes halogenated alkanes) is 2. The molecule has 0 saturated carbocycles. The van der Waals surface area contributed by atoms with Crippen LogP contribution in [0.2, 0.25) is 0 Å². The van der Waals surface area contributed by atoms with Gasteiger partial charge in [-0.1, -0.05) is 6.42 Å². The Labute approximate surface area is 77.7 Å². The maximum atomic E-state index is 11.8. The topological polar surface area (TPSA) is 3.24 Å². The van der Waals surface area contributed by atoms with Crippen molar-refractivity contribution >= 4 is 11.6 Å². The number of alkyl halides is 3. The van der Waals surface area contributed by atoms with Gasteiger partial charge in [-0.25, -0.2) is 8.78 Å². The van der Waals surface area contributed by atoms with Gasteiger partial charge in [0.2, 0.25) is 0 Å². The van der Waals surface area contributed by atoms with Crippen molar-refractivity contribution in [2.45, 2.75) is 25.7 Å². The molecule has 0 spiro atoms. The SMILES string of the molecule is CN(CCCCCCl)CC(F)F. The summed E-state index contributed by atoms with van der Waals surface area (Å²) < 4.78 is 23.6. The summed E-state index contributed by atoms with van der Waals surface area (Å²) in [4.78, 5) is 1.65. The molecule has 0 aliphatic heterocycles. The van der Waals surface area contributed by atoms with Crippen LogP contribution in [0.1, 0.15) is 19.3 Å². The van der Waals surface area contributed by atoms with E-state index in [2.05, 4.69) is 0 Å². The lowest BCUT2D eigenvalue weighted by Crippen LogP contribution is -2.25. The summed E-state index contributed by atoms with van der Waals surface area (Å²) >= 11 is 5.47. The summed E-state index contributed by atoms with van der Waals surface area (Å²) in [7, 11) is 1.72. The first kappa shape index (κ1) is 12.1. The Bertz CT molecular complexity index is 101. The Morgan fingerprint density at radius 1 is 1.25 bits per heavy atom. The molecular formula is C8H16ClF2N. The first-order valence-corrected chi connectivity index (χ1v) is 4.73.